The maximum absolute atomic E-state index is 6.23. The second-order valence-corrected chi connectivity index (χ2v) is 8.09. The Kier molecular flexibility index (Phi) is 5.14. The van der Waals surface area contributed by atoms with Crippen LogP contribution in [0.4, 0.5) is 0 Å². The zero-order chi connectivity index (χ0) is 15.6. The van der Waals surface area contributed by atoms with Crippen LogP contribution in [0.5, 0.6) is 0 Å². The summed E-state index contributed by atoms with van der Waals surface area (Å²) in [6.07, 6.45) is 5.50. The molecule has 0 heterocycles. The highest BCUT2D eigenvalue weighted by atomic mass is 14.6. The van der Waals surface area contributed by atoms with Crippen LogP contribution in [0.25, 0.3) is 0 Å². The molecule has 1 aromatic carbocycles. The maximum atomic E-state index is 6.23. The molecular weight excluding hydrogens is 254 g/mol. The van der Waals surface area contributed by atoms with Gasteiger partial charge in [-0.25, -0.2) is 0 Å². The van der Waals surface area contributed by atoms with Gasteiger partial charge in [-0.3, -0.25) is 0 Å². The number of rotatable bonds is 3. The number of hydrogen-bond acceptors (Lipinski definition) is 1. The van der Waals surface area contributed by atoms with Gasteiger partial charge < -0.3 is 5.73 Å². The molecular formula is C20H33N. The highest BCUT2D eigenvalue weighted by Crippen LogP contribution is 2.41. The first kappa shape index (κ1) is 16.5. The van der Waals surface area contributed by atoms with E-state index in [1.165, 1.54) is 42.4 Å². The summed E-state index contributed by atoms with van der Waals surface area (Å²) in [6.45, 7) is 12.3. The van der Waals surface area contributed by atoms with Gasteiger partial charge in [-0.15, -0.1) is 0 Å². The molecule has 1 nitrogen and oxygen atoms in total. The van der Waals surface area contributed by atoms with Crippen LogP contribution in [0.2, 0.25) is 0 Å². The molecule has 0 amide bonds. The van der Waals surface area contributed by atoms with Crippen LogP contribution in [0, 0.1) is 18.8 Å². The summed E-state index contributed by atoms with van der Waals surface area (Å²) >= 11 is 0. The van der Waals surface area contributed by atoms with Crippen LogP contribution in [-0.2, 0) is 5.41 Å². The van der Waals surface area contributed by atoms with Gasteiger partial charge in [0, 0.05) is 0 Å². The van der Waals surface area contributed by atoms with Gasteiger partial charge in [0.25, 0.3) is 0 Å². The number of aryl methyl sites for hydroxylation is 1. The Morgan fingerprint density at radius 1 is 1.19 bits per heavy atom. The molecule has 1 fully saturated rings. The molecule has 0 bridgehead atoms. The summed E-state index contributed by atoms with van der Waals surface area (Å²) in [5.74, 6) is 2.10. The molecule has 1 aliphatic carbocycles. The summed E-state index contributed by atoms with van der Waals surface area (Å²) in [6, 6.07) is 7.02. The van der Waals surface area contributed by atoms with Crippen molar-refractivity contribution in [3.8, 4) is 0 Å². The Bertz CT molecular complexity index is 469. The smallest absolute Gasteiger partial charge is 0.000528 e. The van der Waals surface area contributed by atoms with Crippen LogP contribution in [0.3, 0.4) is 0 Å². The fraction of sp³-hybridized carbons (Fsp3) is 0.700. The molecule has 0 spiro atoms. The van der Waals surface area contributed by atoms with Gasteiger partial charge in [-0.1, -0.05) is 65.2 Å². The second-order valence-electron chi connectivity index (χ2n) is 8.09. The van der Waals surface area contributed by atoms with Crippen LogP contribution in [0.15, 0.2) is 18.2 Å². The third-order valence-electron chi connectivity index (χ3n) is 5.49. The molecule has 21 heavy (non-hydrogen) atoms. The maximum Gasteiger partial charge on any atom is -0.000528 e. The quantitative estimate of drug-likeness (QED) is 0.816. The third kappa shape index (κ3) is 3.69. The van der Waals surface area contributed by atoms with E-state index in [4.69, 9.17) is 5.73 Å². The van der Waals surface area contributed by atoms with Crippen LogP contribution in [0.1, 0.15) is 76.0 Å². The zero-order valence-electron chi connectivity index (χ0n) is 14.6. The Morgan fingerprint density at radius 2 is 1.86 bits per heavy atom. The van der Waals surface area contributed by atoms with Gasteiger partial charge >= 0.3 is 0 Å². The molecule has 2 N–H and O–H groups in total. The van der Waals surface area contributed by atoms with Gasteiger partial charge in [0.1, 0.15) is 0 Å². The molecule has 0 radical (unpaired) electrons. The molecule has 1 saturated carbocycles. The van der Waals surface area contributed by atoms with E-state index in [9.17, 15) is 0 Å². The lowest BCUT2D eigenvalue weighted by molar-refractivity contribution is 0.218. The van der Waals surface area contributed by atoms with Gasteiger partial charge in [0.05, 0.1) is 0 Å². The fourth-order valence-electron chi connectivity index (χ4n) is 3.98. The minimum atomic E-state index is 0.208. The topological polar surface area (TPSA) is 26.0 Å². The van der Waals surface area contributed by atoms with Crippen molar-refractivity contribution in [1.29, 1.82) is 0 Å². The SMILES string of the molecule is Cc1ccc(C(C)(C)C)cc1C(CN)C1CCCCC1C. The van der Waals surface area contributed by atoms with E-state index in [1.807, 2.05) is 0 Å². The molecule has 1 heteroatoms. The van der Waals surface area contributed by atoms with Gasteiger partial charge in [-0.05, 0) is 59.7 Å². The Balaban J connectivity index is 2.37. The fourth-order valence-corrected chi connectivity index (χ4v) is 3.98. The Hall–Kier alpha value is -0.820. The molecule has 118 valence electrons. The lowest BCUT2D eigenvalue weighted by Gasteiger charge is -2.36. The van der Waals surface area contributed by atoms with Crippen LogP contribution < -0.4 is 5.73 Å². The van der Waals surface area contributed by atoms with E-state index < -0.39 is 0 Å². The van der Waals surface area contributed by atoms with E-state index in [0.29, 0.717) is 5.92 Å². The summed E-state index contributed by atoms with van der Waals surface area (Å²) in [5.41, 5.74) is 10.8. The molecule has 3 atom stereocenters. The molecule has 1 aliphatic rings. The monoisotopic (exact) mass is 287 g/mol. The first-order chi connectivity index (χ1) is 9.84. The van der Waals surface area contributed by atoms with Crippen LogP contribution in [-0.4, -0.2) is 6.54 Å². The predicted molar refractivity (Wildman–Crippen MR) is 92.8 cm³/mol. The first-order valence-corrected chi connectivity index (χ1v) is 8.65. The lowest BCUT2D eigenvalue weighted by Crippen LogP contribution is -2.29. The average Bonchev–Trinajstić information content (AvgIpc) is 2.42. The lowest BCUT2D eigenvalue weighted by atomic mass is 9.69. The standard InChI is InChI=1S/C20H33N/c1-14-8-6-7-9-17(14)19(13-21)18-12-16(20(3,4)5)11-10-15(18)2/h10-12,14,17,19H,6-9,13,21H2,1-5H3. The van der Waals surface area contributed by atoms with E-state index in [2.05, 4.69) is 52.8 Å². The normalized spacial score (nSPS) is 24.9. The van der Waals surface area contributed by atoms with Gasteiger partial charge in [0.15, 0.2) is 0 Å². The van der Waals surface area contributed by atoms with E-state index in [0.717, 1.165) is 18.4 Å². The molecule has 3 unspecified atom stereocenters. The average molecular weight is 287 g/mol. The van der Waals surface area contributed by atoms with Crippen molar-refractivity contribution in [2.45, 2.75) is 71.6 Å². The Morgan fingerprint density at radius 3 is 2.43 bits per heavy atom. The molecule has 0 aromatic heterocycles. The summed E-state index contributed by atoms with van der Waals surface area (Å²) in [5, 5.41) is 0. The van der Waals surface area contributed by atoms with Gasteiger partial charge in [0.2, 0.25) is 0 Å². The number of hydrogen-bond donors (Lipinski definition) is 1. The number of nitrogens with two attached hydrogens (primary N) is 1. The third-order valence-corrected chi connectivity index (χ3v) is 5.49. The van der Waals surface area contributed by atoms with E-state index >= 15 is 0 Å². The van der Waals surface area contributed by atoms with Crippen LogP contribution >= 0.6 is 0 Å². The highest BCUT2D eigenvalue weighted by molar-refractivity contribution is 5.37. The summed E-state index contributed by atoms with van der Waals surface area (Å²) in [7, 11) is 0. The van der Waals surface area contributed by atoms with E-state index in [1.54, 1.807) is 0 Å². The molecule has 0 saturated heterocycles. The summed E-state index contributed by atoms with van der Waals surface area (Å²) in [4.78, 5) is 0. The van der Waals surface area contributed by atoms with Crippen molar-refractivity contribution in [1.82, 2.24) is 0 Å². The molecule has 2 rings (SSSR count). The van der Waals surface area contributed by atoms with Crippen molar-refractivity contribution < 1.29 is 0 Å². The predicted octanol–water partition coefficient (Wildman–Crippen LogP) is 5.16. The van der Waals surface area contributed by atoms with Crippen molar-refractivity contribution >= 4 is 0 Å². The molecule has 0 aliphatic heterocycles. The first-order valence-electron chi connectivity index (χ1n) is 8.65. The largest absolute Gasteiger partial charge is 0.330 e. The van der Waals surface area contributed by atoms with Crippen molar-refractivity contribution in [3.63, 3.8) is 0 Å². The zero-order valence-corrected chi connectivity index (χ0v) is 14.6. The van der Waals surface area contributed by atoms with Crippen molar-refractivity contribution in [2.75, 3.05) is 6.54 Å². The minimum Gasteiger partial charge on any atom is -0.330 e. The number of benzene rings is 1. The minimum absolute atomic E-state index is 0.208. The highest BCUT2D eigenvalue weighted by Gasteiger charge is 2.30. The van der Waals surface area contributed by atoms with E-state index in [-0.39, 0.29) is 5.41 Å². The van der Waals surface area contributed by atoms with Crippen molar-refractivity contribution in [3.05, 3.63) is 34.9 Å². The Labute approximate surface area is 131 Å². The van der Waals surface area contributed by atoms with Gasteiger partial charge in [-0.2, -0.15) is 0 Å². The second kappa shape index (κ2) is 6.52. The summed E-state index contributed by atoms with van der Waals surface area (Å²) < 4.78 is 0. The van der Waals surface area contributed by atoms with Crippen molar-refractivity contribution in [2.24, 2.45) is 17.6 Å². The molecule has 1 aromatic rings.